The molecule has 1 saturated heterocycles. The molecule has 0 spiro atoms. The Labute approximate surface area is 154 Å². The summed E-state index contributed by atoms with van der Waals surface area (Å²) in [5.41, 5.74) is 1.05. The van der Waals surface area contributed by atoms with Crippen molar-refractivity contribution in [1.29, 1.82) is 0 Å². The van der Waals surface area contributed by atoms with Crippen molar-refractivity contribution >= 4 is 15.7 Å². The second-order valence-electron chi connectivity index (χ2n) is 6.28. The Kier molecular flexibility index (Phi) is 5.68. The SMILES string of the molecule is COc1ccccc1N1CC[C@@H](CNS(=O)(=O)c2ccccc2OC)C1. The number of nitrogens with one attached hydrogen (secondary N) is 1. The van der Waals surface area contributed by atoms with Gasteiger partial charge in [-0.25, -0.2) is 13.1 Å². The Balaban J connectivity index is 1.64. The van der Waals surface area contributed by atoms with Gasteiger partial charge in [0.15, 0.2) is 0 Å². The third-order valence-electron chi connectivity index (χ3n) is 4.63. The van der Waals surface area contributed by atoms with Gasteiger partial charge in [0.1, 0.15) is 16.4 Å². The molecule has 2 aromatic rings. The van der Waals surface area contributed by atoms with Crippen LogP contribution in [-0.4, -0.2) is 42.3 Å². The zero-order valence-corrected chi connectivity index (χ0v) is 15.8. The van der Waals surface area contributed by atoms with Crippen LogP contribution in [-0.2, 0) is 10.0 Å². The highest BCUT2D eigenvalue weighted by Crippen LogP contribution is 2.32. The first-order valence-electron chi connectivity index (χ1n) is 8.56. The van der Waals surface area contributed by atoms with E-state index in [-0.39, 0.29) is 10.8 Å². The van der Waals surface area contributed by atoms with E-state index in [0.717, 1.165) is 30.9 Å². The summed E-state index contributed by atoms with van der Waals surface area (Å²) in [7, 11) is -0.474. The highest BCUT2D eigenvalue weighted by atomic mass is 32.2. The third-order valence-corrected chi connectivity index (χ3v) is 6.10. The van der Waals surface area contributed by atoms with Gasteiger partial charge in [-0.15, -0.1) is 0 Å². The zero-order chi connectivity index (χ0) is 18.6. The summed E-state index contributed by atoms with van der Waals surface area (Å²) in [6.07, 6.45) is 0.923. The van der Waals surface area contributed by atoms with E-state index in [1.165, 1.54) is 7.11 Å². The van der Waals surface area contributed by atoms with E-state index >= 15 is 0 Å². The molecular weight excluding hydrogens is 352 g/mol. The van der Waals surface area contributed by atoms with Crippen molar-refractivity contribution in [2.75, 3.05) is 38.8 Å². The van der Waals surface area contributed by atoms with Gasteiger partial charge < -0.3 is 14.4 Å². The van der Waals surface area contributed by atoms with Crippen LogP contribution in [0.4, 0.5) is 5.69 Å². The maximum Gasteiger partial charge on any atom is 0.244 e. The Morgan fingerprint density at radius 3 is 2.42 bits per heavy atom. The standard InChI is InChI=1S/C19H24N2O4S/c1-24-17-8-4-3-7-16(17)21-12-11-15(14-21)13-20-26(22,23)19-10-6-5-9-18(19)25-2/h3-10,15,20H,11-14H2,1-2H3/t15-/m0/s1. The number of para-hydroxylation sites is 3. The van der Waals surface area contributed by atoms with Gasteiger partial charge in [0.25, 0.3) is 0 Å². The van der Waals surface area contributed by atoms with Crippen molar-refractivity contribution in [2.45, 2.75) is 11.3 Å². The van der Waals surface area contributed by atoms with Crippen molar-refractivity contribution < 1.29 is 17.9 Å². The maximum atomic E-state index is 12.6. The van der Waals surface area contributed by atoms with Crippen LogP contribution in [0.2, 0.25) is 0 Å². The van der Waals surface area contributed by atoms with Crippen molar-refractivity contribution in [3.63, 3.8) is 0 Å². The average molecular weight is 376 g/mol. The summed E-state index contributed by atoms with van der Waals surface area (Å²) in [6.45, 7) is 2.06. The number of methoxy groups -OCH3 is 2. The van der Waals surface area contributed by atoms with Crippen molar-refractivity contribution in [3.8, 4) is 11.5 Å². The molecule has 1 atom stereocenters. The first kappa shape index (κ1) is 18.5. The maximum absolute atomic E-state index is 12.6. The Morgan fingerprint density at radius 2 is 1.69 bits per heavy atom. The number of hydrogen-bond donors (Lipinski definition) is 1. The smallest absolute Gasteiger partial charge is 0.244 e. The third kappa shape index (κ3) is 3.94. The van der Waals surface area contributed by atoms with Crippen molar-refractivity contribution in [3.05, 3.63) is 48.5 Å². The molecule has 1 N–H and O–H groups in total. The van der Waals surface area contributed by atoms with Crippen LogP contribution in [0.3, 0.4) is 0 Å². The van der Waals surface area contributed by atoms with Gasteiger partial charge in [-0.2, -0.15) is 0 Å². The molecule has 0 bridgehead atoms. The number of nitrogens with zero attached hydrogens (tertiary/aromatic N) is 1. The minimum Gasteiger partial charge on any atom is -0.495 e. The molecule has 140 valence electrons. The zero-order valence-electron chi connectivity index (χ0n) is 15.0. The second-order valence-corrected chi connectivity index (χ2v) is 8.01. The lowest BCUT2D eigenvalue weighted by atomic mass is 10.1. The van der Waals surface area contributed by atoms with Crippen LogP contribution in [0, 0.1) is 5.92 Å². The fourth-order valence-corrected chi connectivity index (χ4v) is 4.54. The Bertz CT molecular complexity index is 854. The molecule has 1 heterocycles. The number of benzene rings is 2. The summed E-state index contributed by atoms with van der Waals surface area (Å²) in [6, 6.07) is 14.5. The van der Waals surface area contributed by atoms with Gasteiger partial charge >= 0.3 is 0 Å². The summed E-state index contributed by atoms with van der Waals surface area (Å²) in [4.78, 5) is 2.41. The summed E-state index contributed by atoms with van der Waals surface area (Å²) in [5, 5.41) is 0. The molecule has 7 heteroatoms. The van der Waals surface area contributed by atoms with Crippen molar-refractivity contribution in [2.24, 2.45) is 5.92 Å². The molecule has 0 saturated carbocycles. The van der Waals surface area contributed by atoms with Gasteiger partial charge in [-0.05, 0) is 36.6 Å². The predicted octanol–water partition coefficient (Wildman–Crippen LogP) is 2.51. The average Bonchev–Trinajstić information content (AvgIpc) is 3.15. The monoisotopic (exact) mass is 376 g/mol. The summed E-state index contributed by atoms with van der Waals surface area (Å²) >= 11 is 0. The van der Waals surface area contributed by atoms with Gasteiger partial charge in [0.05, 0.1) is 19.9 Å². The number of anilines is 1. The predicted molar refractivity (Wildman–Crippen MR) is 101 cm³/mol. The van der Waals surface area contributed by atoms with Crippen LogP contribution < -0.4 is 19.1 Å². The minimum atomic E-state index is -3.60. The number of rotatable bonds is 7. The molecular formula is C19H24N2O4S. The van der Waals surface area contributed by atoms with Crippen LogP contribution in [0.15, 0.2) is 53.4 Å². The van der Waals surface area contributed by atoms with Crippen LogP contribution in [0.1, 0.15) is 6.42 Å². The van der Waals surface area contributed by atoms with Gasteiger partial charge in [-0.1, -0.05) is 24.3 Å². The first-order valence-corrected chi connectivity index (χ1v) is 10.0. The van der Waals surface area contributed by atoms with Crippen LogP contribution in [0.25, 0.3) is 0 Å². The van der Waals surface area contributed by atoms with Gasteiger partial charge in [0, 0.05) is 19.6 Å². The first-order chi connectivity index (χ1) is 12.5. The topological polar surface area (TPSA) is 67.9 Å². The Hall–Kier alpha value is -2.25. The summed E-state index contributed by atoms with van der Waals surface area (Å²) in [5.74, 6) is 1.43. The largest absolute Gasteiger partial charge is 0.495 e. The number of sulfonamides is 1. The molecule has 0 aromatic heterocycles. The van der Waals surface area contributed by atoms with Crippen molar-refractivity contribution in [1.82, 2.24) is 4.72 Å². The van der Waals surface area contributed by atoms with Gasteiger partial charge in [0.2, 0.25) is 10.0 Å². The fourth-order valence-electron chi connectivity index (χ4n) is 3.26. The summed E-state index contributed by atoms with van der Waals surface area (Å²) < 4.78 is 38.5. The molecule has 0 unspecified atom stereocenters. The highest BCUT2D eigenvalue weighted by molar-refractivity contribution is 7.89. The lowest BCUT2D eigenvalue weighted by molar-refractivity contribution is 0.402. The van der Waals surface area contributed by atoms with E-state index in [0.29, 0.717) is 12.3 Å². The van der Waals surface area contributed by atoms with E-state index in [4.69, 9.17) is 9.47 Å². The molecule has 0 amide bonds. The van der Waals surface area contributed by atoms with E-state index in [2.05, 4.69) is 9.62 Å². The lowest BCUT2D eigenvalue weighted by Gasteiger charge is -2.21. The number of ether oxygens (including phenoxy) is 2. The molecule has 1 aliphatic heterocycles. The molecule has 0 radical (unpaired) electrons. The molecule has 1 aliphatic rings. The minimum absolute atomic E-state index is 0.169. The highest BCUT2D eigenvalue weighted by Gasteiger charge is 2.27. The molecule has 0 aliphatic carbocycles. The molecule has 6 nitrogen and oxygen atoms in total. The van der Waals surface area contributed by atoms with E-state index < -0.39 is 10.0 Å². The quantitative estimate of drug-likeness (QED) is 0.804. The molecule has 3 rings (SSSR count). The molecule has 1 fully saturated rings. The van der Waals surface area contributed by atoms with Gasteiger partial charge in [-0.3, -0.25) is 0 Å². The van der Waals surface area contributed by atoms with E-state index in [9.17, 15) is 8.42 Å². The van der Waals surface area contributed by atoms with Crippen LogP contribution >= 0.6 is 0 Å². The number of hydrogen-bond acceptors (Lipinski definition) is 5. The second kappa shape index (κ2) is 7.97. The normalized spacial score (nSPS) is 17.3. The lowest BCUT2D eigenvalue weighted by Crippen LogP contribution is -2.31. The van der Waals surface area contributed by atoms with E-state index in [1.807, 2.05) is 24.3 Å². The molecule has 26 heavy (non-hydrogen) atoms. The van der Waals surface area contributed by atoms with Crippen LogP contribution in [0.5, 0.6) is 11.5 Å². The Morgan fingerprint density at radius 1 is 1.04 bits per heavy atom. The molecule has 2 aromatic carbocycles. The fraction of sp³-hybridized carbons (Fsp3) is 0.368. The van der Waals surface area contributed by atoms with E-state index in [1.54, 1.807) is 31.4 Å².